The summed E-state index contributed by atoms with van der Waals surface area (Å²) in [5.74, 6) is 3.09. The highest BCUT2D eigenvalue weighted by molar-refractivity contribution is 6.74. The molecule has 0 saturated heterocycles. The molecule has 0 amide bonds. The van der Waals surface area contributed by atoms with Crippen LogP contribution in [0.4, 0.5) is 0 Å². The Hall–Kier alpha value is -0.0294. The summed E-state index contributed by atoms with van der Waals surface area (Å²) in [6.45, 7) is 34.4. The molecule has 4 aliphatic rings. The van der Waals surface area contributed by atoms with Crippen molar-refractivity contribution in [1.29, 1.82) is 0 Å². The summed E-state index contributed by atoms with van der Waals surface area (Å²) in [6.07, 6.45) is 17.6. The number of allylic oxidation sites excluding steroid dienone is 3. The molecule has 55 heavy (non-hydrogen) atoms. The zero-order chi connectivity index (χ0) is 40.9. The average molecular weight is 818 g/mol. The van der Waals surface area contributed by atoms with E-state index in [0.717, 1.165) is 31.1 Å². The Balaban J connectivity index is 1.65. The first kappa shape index (κ1) is 47.6. The molecule has 0 bridgehead atoms. The maximum Gasteiger partial charge on any atom is 0.192 e. The largest absolute Gasteiger partial charge is 0.413 e. The predicted molar refractivity (Wildman–Crippen MR) is 245 cm³/mol. The summed E-state index contributed by atoms with van der Waals surface area (Å²) in [7, 11) is -5.42. The molecule has 0 aromatic heterocycles. The molecule has 3 fully saturated rings. The minimum atomic E-state index is -1.95. The first-order valence-electron chi connectivity index (χ1n) is 24.1. The summed E-state index contributed by atoms with van der Waals surface area (Å²) >= 11 is 0. The number of hydrogen-bond acceptors (Lipinski definition) is 4. The third-order valence-electron chi connectivity index (χ3n) is 17.8. The smallest absolute Gasteiger partial charge is 0.192 e. The molecule has 320 valence electrons. The standard InChI is InChI=1S/C48H92O4Si3/c1-15-53(16-2,17-3)50-44-36-38-28-29-39-42-31-30-41(37(10)26-24-33-46(11,12)52-55(21-7,22-8)23-9)47(42,13)34-32-43(39)48(38,14)45(40(44)27-25-35-49)51-54(18-4,19-5)20-6/h28-29,37,40-45,49H,15-27,30-36H2,1-14H3/t37-,40-,41-,42+,43+,44-,45+,47-,48+/m1/s1. The Morgan fingerprint density at radius 1 is 0.745 bits per heavy atom. The van der Waals surface area contributed by atoms with Gasteiger partial charge in [-0.25, -0.2) is 0 Å². The maximum absolute atomic E-state index is 10.3. The molecule has 0 unspecified atom stereocenters. The average Bonchev–Trinajstić information content (AvgIpc) is 3.55. The minimum absolute atomic E-state index is 0.0126. The third kappa shape index (κ3) is 9.48. The summed E-state index contributed by atoms with van der Waals surface area (Å²) in [6, 6.07) is 10.8. The normalized spacial score (nSPS) is 32.1. The molecule has 0 spiro atoms. The molecule has 0 aromatic rings. The first-order valence-corrected chi connectivity index (χ1v) is 31.7. The summed E-state index contributed by atoms with van der Waals surface area (Å²) < 4.78 is 22.5. The molecule has 4 aliphatic carbocycles. The van der Waals surface area contributed by atoms with Crippen LogP contribution in [0.25, 0.3) is 0 Å². The van der Waals surface area contributed by atoms with Gasteiger partial charge in [-0.3, -0.25) is 0 Å². The maximum atomic E-state index is 10.3. The fourth-order valence-electron chi connectivity index (χ4n) is 13.4. The minimum Gasteiger partial charge on any atom is -0.413 e. The van der Waals surface area contributed by atoms with E-state index in [1.165, 1.54) is 99.3 Å². The van der Waals surface area contributed by atoms with E-state index < -0.39 is 25.0 Å². The highest BCUT2D eigenvalue weighted by Crippen LogP contribution is 2.67. The van der Waals surface area contributed by atoms with Crippen LogP contribution in [0.5, 0.6) is 0 Å². The van der Waals surface area contributed by atoms with Crippen LogP contribution in [-0.4, -0.2) is 54.5 Å². The second-order valence-corrected chi connectivity index (χ2v) is 34.5. The number of rotatable bonds is 23. The van der Waals surface area contributed by atoms with E-state index >= 15 is 0 Å². The summed E-state index contributed by atoms with van der Waals surface area (Å²) in [5, 5.41) is 10.3. The number of aliphatic hydroxyl groups excluding tert-OH is 1. The predicted octanol–water partition coefficient (Wildman–Crippen LogP) is 14.5. The van der Waals surface area contributed by atoms with E-state index in [9.17, 15) is 5.11 Å². The molecule has 0 heterocycles. The fourth-order valence-corrected chi connectivity index (χ4v) is 22.4. The van der Waals surface area contributed by atoms with Crippen LogP contribution in [0.1, 0.15) is 161 Å². The van der Waals surface area contributed by atoms with Gasteiger partial charge in [0.1, 0.15) is 0 Å². The van der Waals surface area contributed by atoms with E-state index in [4.69, 9.17) is 13.3 Å². The monoisotopic (exact) mass is 817 g/mol. The van der Waals surface area contributed by atoms with Crippen LogP contribution in [0, 0.1) is 40.4 Å². The van der Waals surface area contributed by atoms with Gasteiger partial charge >= 0.3 is 0 Å². The third-order valence-corrected chi connectivity index (χ3v) is 32.0. The van der Waals surface area contributed by atoms with Gasteiger partial charge in [0.05, 0.1) is 17.8 Å². The topological polar surface area (TPSA) is 47.9 Å². The molecule has 1 N–H and O–H groups in total. The van der Waals surface area contributed by atoms with E-state index in [0.29, 0.717) is 23.2 Å². The molecular weight excluding hydrogens is 725 g/mol. The molecule has 3 saturated carbocycles. The number of aliphatic hydroxyl groups is 1. The molecule has 9 atom stereocenters. The van der Waals surface area contributed by atoms with Crippen LogP contribution >= 0.6 is 0 Å². The quantitative estimate of drug-likeness (QED) is 0.104. The van der Waals surface area contributed by atoms with E-state index in [1.54, 1.807) is 11.1 Å². The van der Waals surface area contributed by atoms with Crippen molar-refractivity contribution in [3.8, 4) is 0 Å². The van der Waals surface area contributed by atoms with Crippen molar-refractivity contribution in [2.75, 3.05) is 6.61 Å². The van der Waals surface area contributed by atoms with E-state index in [-0.39, 0.29) is 29.8 Å². The fraction of sp³-hybridized carbons (Fsp3) is 0.917. The van der Waals surface area contributed by atoms with Gasteiger partial charge in [0.15, 0.2) is 25.0 Å². The van der Waals surface area contributed by atoms with Gasteiger partial charge < -0.3 is 18.4 Å². The summed E-state index contributed by atoms with van der Waals surface area (Å²) in [4.78, 5) is 0. The molecule has 7 heteroatoms. The number of fused-ring (bicyclic) bond motifs is 5. The van der Waals surface area contributed by atoms with Crippen molar-refractivity contribution in [2.24, 2.45) is 40.4 Å². The van der Waals surface area contributed by atoms with Crippen molar-refractivity contribution in [2.45, 2.75) is 233 Å². The van der Waals surface area contributed by atoms with Crippen molar-refractivity contribution < 1.29 is 18.4 Å². The van der Waals surface area contributed by atoms with Crippen molar-refractivity contribution in [3.63, 3.8) is 0 Å². The second-order valence-electron chi connectivity index (χ2n) is 20.4. The van der Waals surface area contributed by atoms with Crippen molar-refractivity contribution in [1.82, 2.24) is 0 Å². The SMILES string of the molecule is CC[Si](CC)(CC)O[C@@H]1CC2=CC=C3[C@@H]4CC[C@H]([C@H](C)CCCC(C)(C)O[Si](CC)(CC)CC)[C@@]4(C)CC[C@@H]3[C@@]2(C)[C@@H](O[Si](CC)(CC)CC)[C@@H]1CCCO. The lowest BCUT2D eigenvalue weighted by atomic mass is 9.48. The van der Waals surface area contributed by atoms with E-state index in [2.05, 4.69) is 109 Å². The number of hydrogen-bond donors (Lipinski definition) is 1. The summed E-state index contributed by atoms with van der Waals surface area (Å²) in [5.41, 5.74) is 3.74. The second kappa shape index (κ2) is 19.6. The van der Waals surface area contributed by atoms with Crippen LogP contribution in [0.15, 0.2) is 23.3 Å². The zero-order valence-corrected chi connectivity index (χ0v) is 42.0. The van der Waals surface area contributed by atoms with Gasteiger partial charge in [0.25, 0.3) is 0 Å². The first-order chi connectivity index (χ1) is 26.1. The van der Waals surface area contributed by atoms with Gasteiger partial charge in [-0.15, -0.1) is 0 Å². The Morgan fingerprint density at radius 2 is 1.31 bits per heavy atom. The molecule has 0 aliphatic heterocycles. The van der Waals surface area contributed by atoms with Gasteiger partial charge in [-0.05, 0) is 149 Å². The van der Waals surface area contributed by atoms with Gasteiger partial charge in [0, 0.05) is 17.9 Å². The van der Waals surface area contributed by atoms with Crippen molar-refractivity contribution >= 4 is 25.0 Å². The lowest BCUT2D eigenvalue weighted by molar-refractivity contribution is -0.0888. The Morgan fingerprint density at radius 3 is 1.85 bits per heavy atom. The molecule has 4 rings (SSSR count). The molecule has 4 nitrogen and oxygen atoms in total. The molecular formula is C48H92O4Si3. The van der Waals surface area contributed by atoms with Crippen LogP contribution < -0.4 is 0 Å². The van der Waals surface area contributed by atoms with Crippen LogP contribution in [0.2, 0.25) is 54.4 Å². The van der Waals surface area contributed by atoms with E-state index in [1.807, 2.05) is 0 Å². The van der Waals surface area contributed by atoms with Crippen LogP contribution in [0.3, 0.4) is 0 Å². The molecule has 0 radical (unpaired) electrons. The lowest BCUT2D eigenvalue weighted by Gasteiger charge is -2.61. The van der Waals surface area contributed by atoms with Gasteiger partial charge in [-0.2, -0.15) is 0 Å². The molecule has 0 aromatic carbocycles. The van der Waals surface area contributed by atoms with Gasteiger partial charge in [-0.1, -0.05) is 119 Å². The lowest BCUT2D eigenvalue weighted by Crippen LogP contribution is -2.61. The Bertz CT molecular complexity index is 1240. The van der Waals surface area contributed by atoms with Crippen molar-refractivity contribution in [3.05, 3.63) is 23.3 Å². The highest BCUT2D eigenvalue weighted by Gasteiger charge is 2.62. The van der Waals surface area contributed by atoms with Crippen LogP contribution in [-0.2, 0) is 13.3 Å². The Labute approximate surface area is 345 Å². The zero-order valence-electron chi connectivity index (χ0n) is 39.0. The Kier molecular flexibility index (Phi) is 17.0. The highest BCUT2D eigenvalue weighted by atomic mass is 28.4. The van der Waals surface area contributed by atoms with Gasteiger partial charge in [0.2, 0.25) is 0 Å².